The molecule has 0 radical (unpaired) electrons. The maximum atomic E-state index is 9.62. The molecule has 0 amide bonds. The van der Waals surface area contributed by atoms with Gasteiger partial charge in [-0.15, -0.1) is 0 Å². The molecule has 2 aliphatic rings. The van der Waals surface area contributed by atoms with Crippen molar-refractivity contribution in [3.63, 3.8) is 0 Å². The summed E-state index contributed by atoms with van der Waals surface area (Å²) < 4.78 is 0. The zero-order valence-electron chi connectivity index (χ0n) is 9.58. The molecule has 1 N–H and O–H groups in total. The fourth-order valence-corrected chi connectivity index (χ4v) is 3.51. The summed E-state index contributed by atoms with van der Waals surface area (Å²) in [5.41, 5.74) is 0. The average Bonchev–Trinajstić information content (AvgIpc) is 2.16. The van der Waals surface area contributed by atoms with Gasteiger partial charge in [-0.25, -0.2) is 0 Å². The highest BCUT2D eigenvalue weighted by molar-refractivity contribution is 4.86. The van der Waals surface area contributed by atoms with Crippen molar-refractivity contribution in [3.8, 4) is 0 Å². The van der Waals surface area contributed by atoms with Gasteiger partial charge in [0.2, 0.25) is 0 Å². The van der Waals surface area contributed by atoms with Crippen LogP contribution in [0.5, 0.6) is 0 Å². The summed E-state index contributed by atoms with van der Waals surface area (Å²) in [5.74, 6) is 3.63. The molecule has 14 heavy (non-hydrogen) atoms. The standard InChI is InChI=1S/C13H24O/c1-9(2)10-3-4-12-8-13(14)6-5-11(12)7-10/h9-14H,3-8H2,1-2H3/t10-,11-,12+,13-/m1/s1. The van der Waals surface area contributed by atoms with E-state index in [2.05, 4.69) is 13.8 Å². The zero-order valence-corrected chi connectivity index (χ0v) is 9.58. The fourth-order valence-electron chi connectivity index (χ4n) is 3.51. The van der Waals surface area contributed by atoms with Gasteiger partial charge < -0.3 is 5.11 Å². The van der Waals surface area contributed by atoms with E-state index in [0.717, 1.165) is 36.5 Å². The van der Waals surface area contributed by atoms with Crippen LogP contribution in [0.1, 0.15) is 52.4 Å². The maximum absolute atomic E-state index is 9.62. The van der Waals surface area contributed by atoms with Crippen LogP contribution in [0, 0.1) is 23.7 Å². The molecule has 0 aromatic heterocycles. The quantitative estimate of drug-likeness (QED) is 0.682. The molecule has 1 nitrogen and oxygen atoms in total. The van der Waals surface area contributed by atoms with E-state index in [1.165, 1.54) is 25.7 Å². The first-order valence-electron chi connectivity index (χ1n) is 6.35. The number of hydrogen-bond donors (Lipinski definition) is 1. The lowest BCUT2D eigenvalue weighted by atomic mass is 9.65. The van der Waals surface area contributed by atoms with Crippen molar-refractivity contribution in [1.29, 1.82) is 0 Å². The Hall–Kier alpha value is -0.0400. The summed E-state index contributed by atoms with van der Waals surface area (Å²) in [4.78, 5) is 0. The summed E-state index contributed by atoms with van der Waals surface area (Å²) in [6.07, 6.45) is 7.69. The van der Waals surface area contributed by atoms with Gasteiger partial charge in [0.05, 0.1) is 6.10 Å². The third-order valence-electron chi connectivity index (χ3n) is 4.57. The van der Waals surface area contributed by atoms with Crippen molar-refractivity contribution < 1.29 is 5.11 Å². The molecule has 0 aromatic carbocycles. The van der Waals surface area contributed by atoms with Crippen LogP contribution >= 0.6 is 0 Å². The van der Waals surface area contributed by atoms with E-state index < -0.39 is 0 Å². The highest BCUT2D eigenvalue weighted by Crippen LogP contribution is 2.44. The molecule has 2 saturated carbocycles. The van der Waals surface area contributed by atoms with Crippen molar-refractivity contribution in [2.24, 2.45) is 23.7 Å². The summed E-state index contributed by atoms with van der Waals surface area (Å²) >= 11 is 0. The van der Waals surface area contributed by atoms with E-state index in [9.17, 15) is 5.11 Å². The Balaban J connectivity index is 1.91. The molecule has 2 aliphatic carbocycles. The first kappa shape index (κ1) is 10.5. The molecule has 4 atom stereocenters. The Bertz CT molecular complexity index is 188. The van der Waals surface area contributed by atoms with E-state index in [-0.39, 0.29) is 6.10 Å². The Morgan fingerprint density at radius 1 is 0.929 bits per heavy atom. The van der Waals surface area contributed by atoms with Gasteiger partial charge in [-0.05, 0) is 62.2 Å². The number of aliphatic hydroxyl groups is 1. The maximum Gasteiger partial charge on any atom is 0.0543 e. The van der Waals surface area contributed by atoms with Gasteiger partial charge >= 0.3 is 0 Å². The number of hydrogen-bond acceptors (Lipinski definition) is 1. The van der Waals surface area contributed by atoms with Gasteiger partial charge in [-0.1, -0.05) is 13.8 Å². The van der Waals surface area contributed by atoms with Crippen LogP contribution in [-0.4, -0.2) is 11.2 Å². The van der Waals surface area contributed by atoms with Crippen LogP contribution in [0.2, 0.25) is 0 Å². The molecule has 0 aliphatic heterocycles. The fraction of sp³-hybridized carbons (Fsp3) is 1.00. The highest BCUT2D eigenvalue weighted by atomic mass is 16.3. The molecule has 2 rings (SSSR count). The molecule has 0 bridgehead atoms. The molecule has 82 valence electrons. The van der Waals surface area contributed by atoms with Gasteiger partial charge in [0.15, 0.2) is 0 Å². The normalized spacial score (nSPS) is 43.7. The van der Waals surface area contributed by atoms with E-state index >= 15 is 0 Å². The SMILES string of the molecule is CC(C)[C@@H]1CC[C@H]2C[C@H](O)CC[C@@H]2C1. The molecule has 1 heteroatoms. The van der Waals surface area contributed by atoms with Gasteiger partial charge in [-0.3, -0.25) is 0 Å². The van der Waals surface area contributed by atoms with Crippen LogP contribution in [-0.2, 0) is 0 Å². The Morgan fingerprint density at radius 2 is 1.57 bits per heavy atom. The van der Waals surface area contributed by atoms with Crippen LogP contribution < -0.4 is 0 Å². The number of rotatable bonds is 1. The second-order valence-corrected chi connectivity index (χ2v) is 5.80. The van der Waals surface area contributed by atoms with Crippen LogP contribution in [0.4, 0.5) is 0 Å². The Labute approximate surface area is 87.9 Å². The van der Waals surface area contributed by atoms with E-state index in [1.54, 1.807) is 0 Å². The molecule has 0 heterocycles. The van der Waals surface area contributed by atoms with E-state index in [4.69, 9.17) is 0 Å². The lowest BCUT2D eigenvalue weighted by Crippen LogP contribution is -2.34. The van der Waals surface area contributed by atoms with Crippen molar-refractivity contribution in [2.75, 3.05) is 0 Å². The second kappa shape index (κ2) is 4.22. The Kier molecular flexibility index (Phi) is 3.16. The van der Waals surface area contributed by atoms with Gasteiger partial charge in [0.1, 0.15) is 0 Å². The molecule has 2 fully saturated rings. The summed E-state index contributed by atoms with van der Waals surface area (Å²) in [7, 11) is 0. The minimum absolute atomic E-state index is 0.0202. The third kappa shape index (κ3) is 2.13. The zero-order chi connectivity index (χ0) is 10.1. The molecule has 0 aromatic rings. The molecule has 0 unspecified atom stereocenters. The number of fused-ring (bicyclic) bond motifs is 1. The van der Waals surface area contributed by atoms with Crippen LogP contribution in [0.3, 0.4) is 0 Å². The summed E-state index contributed by atoms with van der Waals surface area (Å²) in [5, 5.41) is 9.62. The topological polar surface area (TPSA) is 20.2 Å². The van der Waals surface area contributed by atoms with Gasteiger partial charge in [0, 0.05) is 0 Å². The van der Waals surface area contributed by atoms with Gasteiger partial charge in [-0.2, -0.15) is 0 Å². The summed E-state index contributed by atoms with van der Waals surface area (Å²) in [6, 6.07) is 0. The minimum Gasteiger partial charge on any atom is -0.393 e. The number of aliphatic hydroxyl groups excluding tert-OH is 1. The third-order valence-corrected chi connectivity index (χ3v) is 4.57. The minimum atomic E-state index is 0.0202. The lowest BCUT2D eigenvalue weighted by molar-refractivity contribution is 0.0282. The molecular weight excluding hydrogens is 172 g/mol. The van der Waals surface area contributed by atoms with Crippen LogP contribution in [0.15, 0.2) is 0 Å². The van der Waals surface area contributed by atoms with Crippen LogP contribution in [0.25, 0.3) is 0 Å². The second-order valence-electron chi connectivity index (χ2n) is 5.80. The van der Waals surface area contributed by atoms with Crippen molar-refractivity contribution in [3.05, 3.63) is 0 Å². The van der Waals surface area contributed by atoms with E-state index in [1.807, 2.05) is 0 Å². The van der Waals surface area contributed by atoms with Crippen molar-refractivity contribution >= 4 is 0 Å². The predicted octanol–water partition coefficient (Wildman–Crippen LogP) is 3.22. The molecule has 0 spiro atoms. The predicted molar refractivity (Wildman–Crippen MR) is 59.0 cm³/mol. The Morgan fingerprint density at radius 3 is 2.29 bits per heavy atom. The molecule has 0 saturated heterocycles. The highest BCUT2D eigenvalue weighted by Gasteiger charge is 2.35. The summed E-state index contributed by atoms with van der Waals surface area (Å²) in [6.45, 7) is 4.73. The first-order valence-corrected chi connectivity index (χ1v) is 6.35. The van der Waals surface area contributed by atoms with Crippen molar-refractivity contribution in [2.45, 2.75) is 58.5 Å². The van der Waals surface area contributed by atoms with Crippen molar-refractivity contribution in [1.82, 2.24) is 0 Å². The largest absolute Gasteiger partial charge is 0.393 e. The smallest absolute Gasteiger partial charge is 0.0543 e. The first-order chi connectivity index (χ1) is 6.66. The molecular formula is C13H24O. The average molecular weight is 196 g/mol. The van der Waals surface area contributed by atoms with Gasteiger partial charge in [0.25, 0.3) is 0 Å². The van der Waals surface area contributed by atoms with E-state index in [0.29, 0.717) is 0 Å². The monoisotopic (exact) mass is 196 g/mol. The lowest BCUT2D eigenvalue weighted by Gasteiger charge is -2.42.